The monoisotopic (exact) mass is 653 g/mol. The summed E-state index contributed by atoms with van der Waals surface area (Å²) in [6, 6.07) is 9.36. The molecule has 1 aromatic heterocycles. The van der Waals surface area contributed by atoms with E-state index in [1.54, 1.807) is 29.2 Å². The van der Waals surface area contributed by atoms with Gasteiger partial charge in [0, 0.05) is 34.8 Å². The van der Waals surface area contributed by atoms with Crippen LogP contribution in [0.3, 0.4) is 0 Å². The molecule has 0 atom stereocenters. The quantitative estimate of drug-likeness (QED) is 0.285. The van der Waals surface area contributed by atoms with E-state index in [0.29, 0.717) is 22.9 Å². The molecule has 2 aromatic carbocycles. The predicted molar refractivity (Wildman–Crippen MR) is 157 cm³/mol. The van der Waals surface area contributed by atoms with Gasteiger partial charge in [0.2, 0.25) is 5.91 Å². The number of piperidine rings is 1. The number of carbonyl (C=O) groups is 2. The van der Waals surface area contributed by atoms with Crippen molar-refractivity contribution in [2.75, 3.05) is 18.6 Å². The SMILES string of the molecule is COc1cc2c(cc1N1CCCC3(CC3)C1=O)CN(C(=O)c1c(Sc3c(Cl)cccc3Cl)cc(C(F)(F)Cl)[nH]c1=O)C2. The molecular weight excluding hydrogens is 631 g/mol. The number of aromatic nitrogens is 1. The van der Waals surface area contributed by atoms with Crippen molar-refractivity contribution in [3.8, 4) is 5.75 Å². The van der Waals surface area contributed by atoms with E-state index >= 15 is 0 Å². The Hall–Kier alpha value is -2.79. The van der Waals surface area contributed by atoms with Crippen LogP contribution in [0.4, 0.5) is 14.5 Å². The number of ether oxygens (including phenoxy) is 1. The molecule has 42 heavy (non-hydrogen) atoms. The van der Waals surface area contributed by atoms with Crippen LogP contribution in [0, 0.1) is 5.41 Å². The fraction of sp³-hybridized carbons (Fsp3) is 0.345. The van der Waals surface area contributed by atoms with Gasteiger partial charge in [0.1, 0.15) is 17.0 Å². The zero-order valence-electron chi connectivity index (χ0n) is 22.2. The summed E-state index contributed by atoms with van der Waals surface area (Å²) in [5, 5.41) is -3.44. The average molecular weight is 655 g/mol. The van der Waals surface area contributed by atoms with E-state index in [0.717, 1.165) is 54.6 Å². The second kappa shape index (κ2) is 10.7. The van der Waals surface area contributed by atoms with Gasteiger partial charge in [-0.25, -0.2) is 0 Å². The molecule has 6 rings (SSSR count). The number of rotatable bonds is 6. The maximum absolute atomic E-state index is 14.1. The van der Waals surface area contributed by atoms with E-state index in [1.807, 2.05) is 6.07 Å². The fourth-order valence-corrected chi connectivity index (χ4v) is 7.41. The highest BCUT2D eigenvalue weighted by Crippen LogP contribution is 2.54. The molecule has 2 amide bonds. The molecule has 1 saturated heterocycles. The summed E-state index contributed by atoms with van der Waals surface area (Å²) >= 11 is 18.7. The molecule has 3 aliphatic rings. The van der Waals surface area contributed by atoms with Crippen molar-refractivity contribution in [2.24, 2.45) is 5.41 Å². The predicted octanol–water partition coefficient (Wildman–Crippen LogP) is 7.19. The number of hydrogen-bond acceptors (Lipinski definition) is 5. The zero-order valence-corrected chi connectivity index (χ0v) is 25.3. The number of amides is 2. The average Bonchev–Trinajstić information content (AvgIpc) is 3.59. The molecule has 2 fully saturated rings. The van der Waals surface area contributed by atoms with Crippen molar-refractivity contribution in [2.45, 2.75) is 53.9 Å². The van der Waals surface area contributed by atoms with Crippen LogP contribution in [-0.2, 0) is 23.3 Å². The Morgan fingerprint density at radius 1 is 1.07 bits per heavy atom. The van der Waals surface area contributed by atoms with Crippen LogP contribution < -0.4 is 15.2 Å². The van der Waals surface area contributed by atoms with Gasteiger partial charge < -0.3 is 19.5 Å². The molecule has 220 valence electrons. The lowest BCUT2D eigenvalue weighted by Crippen LogP contribution is -2.42. The fourth-order valence-electron chi connectivity index (χ4n) is 5.67. The number of benzene rings is 2. The molecule has 1 N–H and O–H groups in total. The van der Waals surface area contributed by atoms with Crippen LogP contribution in [-0.4, -0.2) is 35.4 Å². The zero-order chi connectivity index (χ0) is 30.0. The number of hydrogen-bond donors (Lipinski definition) is 1. The highest BCUT2D eigenvalue weighted by atomic mass is 35.5. The van der Waals surface area contributed by atoms with E-state index in [4.69, 9.17) is 39.5 Å². The summed E-state index contributed by atoms with van der Waals surface area (Å²) in [5.74, 6) is -0.0557. The van der Waals surface area contributed by atoms with E-state index in [9.17, 15) is 23.2 Å². The number of fused-ring (bicyclic) bond motifs is 1. The smallest absolute Gasteiger partial charge is 0.362 e. The van der Waals surface area contributed by atoms with Crippen molar-refractivity contribution in [1.29, 1.82) is 0 Å². The number of alkyl halides is 3. The summed E-state index contributed by atoms with van der Waals surface area (Å²) < 4.78 is 33.8. The highest BCUT2D eigenvalue weighted by Gasteiger charge is 2.53. The third-order valence-corrected chi connectivity index (χ3v) is 10.3. The molecule has 7 nitrogen and oxygen atoms in total. The lowest BCUT2D eigenvalue weighted by Gasteiger charge is -2.33. The summed E-state index contributed by atoms with van der Waals surface area (Å²) in [6.45, 7) is 0.866. The Balaban J connectivity index is 1.35. The van der Waals surface area contributed by atoms with Crippen molar-refractivity contribution in [1.82, 2.24) is 9.88 Å². The Morgan fingerprint density at radius 2 is 1.74 bits per heavy atom. The number of halogens is 5. The summed E-state index contributed by atoms with van der Waals surface area (Å²) in [4.78, 5) is 45.8. The molecular formula is C29H24Cl3F2N3O4S. The van der Waals surface area contributed by atoms with Gasteiger partial charge in [-0.2, -0.15) is 8.78 Å². The number of anilines is 1. The Bertz CT molecular complexity index is 1670. The number of aromatic amines is 1. The molecule has 3 heterocycles. The van der Waals surface area contributed by atoms with E-state index in [2.05, 4.69) is 4.98 Å². The molecule has 13 heteroatoms. The molecule has 1 spiro atoms. The normalized spacial score (nSPS) is 17.5. The van der Waals surface area contributed by atoms with Gasteiger partial charge in [-0.3, -0.25) is 14.4 Å². The molecule has 2 aliphatic heterocycles. The summed E-state index contributed by atoms with van der Waals surface area (Å²) in [6.07, 6.45) is 3.56. The van der Waals surface area contributed by atoms with Gasteiger partial charge in [0.25, 0.3) is 11.5 Å². The van der Waals surface area contributed by atoms with Crippen molar-refractivity contribution in [3.63, 3.8) is 0 Å². The third kappa shape index (κ3) is 5.16. The molecule has 3 aromatic rings. The second-order valence-electron chi connectivity index (χ2n) is 10.7. The van der Waals surface area contributed by atoms with Crippen LogP contribution in [0.15, 0.2) is 51.0 Å². The van der Waals surface area contributed by atoms with Gasteiger partial charge in [-0.05, 0) is 78.7 Å². The maximum atomic E-state index is 14.1. The third-order valence-electron chi connectivity index (χ3n) is 8.04. The standard InChI is InChI=1S/C29H24Cl3F2N3O4S/c1-41-20-11-16-14-36(13-15(16)10-19(20)37-9-3-6-28(7-8-28)27(37)40)26(39)23-21(12-22(29(32,33)34)35-25(23)38)42-24-17(30)4-2-5-18(24)31/h2,4-5,10-12H,3,6-9,13-14H2,1H3,(H,35,38). The molecule has 0 bridgehead atoms. The molecule has 1 aliphatic carbocycles. The summed E-state index contributed by atoms with van der Waals surface area (Å²) in [5.41, 5.74) is -0.262. The van der Waals surface area contributed by atoms with Gasteiger partial charge in [-0.1, -0.05) is 41.0 Å². The first-order chi connectivity index (χ1) is 19.9. The Labute approximate surface area is 259 Å². The minimum absolute atomic E-state index is 0.0723. The first-order valence-corrected chi connectivity index (χ1v) is 15.1. The first-order valence-electron chi connectivity index (χ1n) is 13.2. The van der Waals surface area contributed by atoms with Crippen LogP contribution >= 0.6 is 46.6 Å². The summed E-state index contributed by atoms with van der Waals surface area (Å²) in [7, 11) is 1.53. The Morgan fingerprint density at radius 3 is 2.36 bits per heavy atom. The van der Waals surface area contributed by atoms with Crippen LogP contribution in [0.2, 0.25) is 10.0 Å². The lowest BCUT2D eigenvalue weighted by atomic mass is 9.93. The largest absolute Gasteiger partial charge is 0.495 e. The Kier molecular flexibility index (Phi) is 7.48. The number of methoxy groups -OCH3 is 1. The number of carbonyl (C=O) groups excluding carboxylic acids is 2. The molecule has 1 saturated carbocycles. The number of nitrogens with one attached hydrogen (secondary N) is 1. The molecule has 0 radical (unpaired) electrons. The minimum Gasteiger partial charge on any atom is -0.495 e. The van der Waals surface area contributed by atoms with Gasteiger partial charge >= 0.3 is 5.38 Å². The molecule has 0 unspecified atom stereocenters. The van der Waals surface area contributed by atoms with Crippen LogP contribution in [0.5, 0.6) is 5.75 Å². The van der Waals surface area contributed by atoms with E-state index in [1.165, 1.54) is 12.0 Å². The highest BCUT2D eigenvalue weighted by molar-refractivity contribution is 7.99. The van der Waals surface area contributed by atoms with Gasteiger partial charge in [-0.15, -0.1) is 0 Å². The maximum Gasteiger partial charge on any atom is 0.362 e. The van der Waals surface area contributed by atoms with Crippen molar-refractivity contribution >= 4 is 64.1 Å². The number of nitrogens with zero attached hydrogens (tertiary/aromatic N) is 2. The van der Waals surface area contributed by atoms with Crippen molar-refractivity contribution in [3.05, 3.63) is 79.2 Å². The number of pyridine rings is 1. The first kappa shape index (κ1) is 29.3. The van der Waals surface area contributed by atoms with Crippen LogP contribution in [0.25, 0.3) is 0 Å². The minimum atomic E-state index is -3.89. The van der Waals surface area contributed by atoms with Crippen molar-refractivity contribution < 1.29 is 23.1 Å². The lowest BCUT2D eigenvalue weighted by molar-refractivity contribution is -0.125. The van der Waals surface area contributed by atoms with E-state index < -0.39 is 22.5 Å². The second-order valence-corrected chi connectivity index (χ2v) is 13.0. The van der Waals surface area contributed by atoms with Crippen LogP contribution in [0.1, 0.15) is 52.9 Å². The topological polar surface area (TPSA) is 82.7 Å². The van der Waals surface area contributed by atoms with Gasteiger partial charge in [0.05, 0.1) is 22.8 Å². The van der Waals surface area contributed by atoms with Gasteiger partial charge in [0.15, 0.2) is 0 Å². The van der Waals surface area contributed by atoms with E-state index in [-0.39, 0.29) is 44.9 Å². The number of H-pyrrole nitrogens is 1.